The first-order valence-electron chi connectivity index (χ1n) is 8.78. The van der Waals surface area contributed by atoms with Crippen molar-refractivity contribution >= 4 is 5.91 Å². The number of carbonyl (C=O) groups is 1. The van der Waals surface area contributed by atoms with Crippen molar-refractivity contribution in [2.45, 2.75) is 64.0 Å². The second kappa shape index (κ2) is 6.25. The Kier molecular flexibility index (Phi) is 4.55. The maximum absolute atomic E-state index is 12.5. The lowest BCUT2D eigenvalue weighted by molar-refractivity contribution is -0.123. The van der Waals surface area contributed by atoms with Crippen molar-refractivity contribution in [3.63, 3.8) is 0 Å². The van der Waals surface area contributed by atoms with Crippen LogP contribution in [0.3, 0.4) is 0 Å². The summed E-state index contributed by atoms with van der Waals surface area (Å²) in [6, 6.07) is 0.668. The molecule has 0 bridgehead atoms. The number of amides is 1. The predicted octanol–water partition coefficient (Wildman–Crippen LogP) is 1.76. The van der Waals surface area contributed by atoms with E-state index in [-0.39, 0.29) is 17.4 Å². The fraction of sp³-hybridized carbons (Fsp3) is 0.941. The summed E-state index contributed by atoms with van der Waals surface area (Å²) in [6.07, 6.45) is 8.68. The van der Waals surface area contributed by atoms with E-state index in [1.165, 1.54) is 38.5 Å². The Balaban J connectivity index is 1.46. The fourth-order valence-electron chi connectivity index (χ4n) is 4.28. The monoisotopic (exact) mass is 293 g/mol. The van der Waals surface area contributed by atoms with Crippen molar-refractivity contribution in [1.29, 1.82) is 0 Å². The van der Waals surface area contributed by atoms with Gasteiger partial charge >= 0.3 is 0 Å². The zero-order chi connectivity index (χ0) is 14.9. The third-order valence-corrected chi connectivity index (χ3v) is 6.06. The molecule has 3 unspecified atom stereocenters. The van der Waals surface area contributed by atoms with Gasteiger partial charge in [-0.1, -0.05) is 19.8 Å². The molecule has 4 heteroatoms. The van der Waals surface area contributed by atoms with E-state index in [2.05, 4.69) is 29.5 Å². The maximum Gasteiger partial charge on any atom is 0.237 e. The van der Waals surface area contributed by atoms with E-state index in [0.717, 1.165) is 32.0 Å². The summed E-state index contributed by atoms with van der Waals surface area (Å²) in [5, 5.41) is 6.82. The lowest BCUT2D eigenvalue weighted by Crippen LogP contribution is -2.48. The summed E-state index contributed by atoms with van der Waals surface area (Å²) in [6.45, 7) is 5.46. The van der Waals surface area contributed by atoms with Crippen LogP contribution in [0.25, 0.3) is 0 Å². The molecule has 2 saturated heterocycles. The SMILES string of the molecule is CN1CCC(C)(CNC(=O)C2CC3CCCCC3N2)CC1. The van der Waals surface area contributed by atoms with E-state index in [1.54, 1.807) is 0 Å². The molecule has 3 rings (SSSR count). The van der Waals surface area contributed by atoms with Crippen LogP contribution in [0.2, 0.25) is 0 Å². The molecule has 1 aliphatic carbocycles. The first kappa shape index (κ1) is 15.3. The lowest BCUT2D eigenvalue weighted by atomic mass is 9.80. The van der Waals surface area contributed by atoms with Crippen molar-refractivity contribution in [3.05, 3.63) is 0 Å². The predicted molar refractivity (Wildman–Crippen MR) is 85.1 cm³/mol. The number of hydrogen-bond donors (Lipinski definition) is 2. The van der Waals surface area contributed by atoms with Gasteiger partial charge in [0.1, 0.15) is 0 Å². The van der Waals surface area contributed by atoms with Crippen LogP contribution in [-0.2, 0) is 4.79 Å². The Labute approximate surface area is 129 Å². The van der Waals surface area contributed by atoms with Crippen LogP contribution in [0.1, 0.15) is 51.9 Å². The Morgan fingerprint density at radius 2 is 2.00 bits per heavy atom. The van der Waals surface area contributed by atoms with E-state index >= 15 is 0 Å². The minimum Gasteiger partial charge on any atom is -0.354 e. The van der Waals surface area contributed by atoms with Crippen LogP contribution in [-0.4, -0.2) is 49.6 Å². The molecule has 0 aromatic heterocycles. The Morgan fingerprint density at radius 1 is 1.29 bits per heavy atom. The van der Waals surface area contributed by atoms with Crippen LogP contribution in [0, 0.1) is 11.3 Å². The summed E-state index contributed by atoms with van der Waals surface area (Å²) in [5.74, 6) is 0.984. The third kappa shape index (κ3) is 3.59. The molecule has 120 valence electrons. The van der Waals surface area contributed by atoms with E-state index in [4.69, 9.17) is 0 Å². The molecule has 0 spiro atoms. The van der Waals surface area contributed by atoms with Gasteiger partial charge in [0.15, 0.2) is 0 Å². The van der Waals surface area contributed by atoms with Crippen LogP contribution in [0.15, 0.2) is 0 Å². The van der Waals surface area contributed by atoms with Gasteiger partial charge in [-0.15, -0.1) is 0 Å². The summed E-state index contributed by atoms with van der Waals surface area (Å²) in [7, 11) is 2.18. The molecular formula is C17H31N3O. The van der Waals surface area contributed by atoms with Crippen molar-refractivity contribution in [2.75, 3.05) is 26.7 Å². The molecule has 0 radical (unpaired) electrons. The van der Waals surface area contributed by atoms with Gasteiger partial charge in [-0.25, -0.2) is 0 Å². The van der Waals surface area contributed by atoms with Gasteiger partial charge < -0.3 is 15.5 Å². The molecule has 2 N–H and O–H groups in total. The average molecular weight is 293 g/mol. The highest BCUT2D eigenvalue weighted by atomic mass is 16.2. The number of fused-ring (bicyclic) bond motifs is 1. The highest BCUT2D eigenvalue weighted by Crippen LogP contribution is 2.33. The summed E-state index contributed by atoms with van der Waals surface area (Å²) < 4.78 is 0. The Morgan fingerprint density at radius 3 is 2.71 bits per heavy atom. The van der Waals surface area contributed by atoms with Crippen molar-refractivity contribution < 1.29 is 4.79 Å². The van der Waals surface area contributed by atoms with Crippen LogP contribution in [0.5, 0.6) is 0 Å². The highest BCUT2D eigenvalue weighted by molar-refractivity contribution is 5.82. The normalized spacial score (nSPS) is 36.2. The van der Waals surface area contributed by atoms with E-state index in [1.807, 2.05) is 0 Å². The average Bonchev–Trinajstić information content (AvgIpc) is 2.92. The van der Waals surface area contributed by atoms with Crippen LogP contribution >= 0.6 is 0 Å². The molecular weight excluding hydrogens is 262 g/mol. The zero-order valence-corrected chi connectivity index (χ0v) is 13.7. The smallest absolute Gasteiger partial charge is 0.237 e. The topological polar surface area (TPSA) is 44.4 Å². The molecule has 3 atom stereocenters. The standard InChI is InChI=1S/C17H31N3O/c1-17(7-9-20(2)10-8-17)12-18-16(21)15-11-13-5-3-4-6-14(13)19-15/h13-15,19H,3-12H2,1-2H3,(H,18,21). The molecule has 2 heterocycles. The van der Waals surface area contributed by atoms with Gasteiger partial charge in [-0.05, 0) is 63.6 Å². The molecule has 3 aliphatic rings. The van der Waals surface area contributed by atoms with Gasteiger partial charge in [-0.3, -0.25) is 4.79 Å². The Hall–Kier alpha value is -0.610. The molecule has 0 aromatic carbocycles. The number of hydrogen-bond acceptors (Lipinski definition) is 3. The van der Waals surface area contributed by atoms with Gasteiger partial charge in [0.25, 0.3) is 0 Å². The summed E-state index contributed by atoms with van der Waals surface area (Å²) in [5.41, 5.74) is 0.285. The number of likely N-dealkylation sites (tertiary alicyclic amines) is 1. The lowest BCUT2D eigenvalue weighted by Gasteiger charge is -2.38. The van der Waals surface area contributed by atoms with Gasteiger partial charge in [-0.2, -0.15) is 0 Å². The maximum atomic E-state index is 12.5. The molecule has 1 saturated carbocycles. The van der Waals surface area contributed by atoms with Gasteiger partial charge in [0.2, 0.25) is 5.91 Å². The first-order valence-corrected chi connectivity index (χ1v) is 8.78. The molecule has 3 fully saturated rings. The van der Waals surface area contributed by atoms with E-state index < -0.39 is 0 Å². The molecule has 21 heavy (non-hydrogen) atoms. The summed E-state index contributed by atoms with van der Waals surface area (Å²) in [4.78, 5) is 14.8. The highest BCUT2D eigenvalue weighted by Gasteiger charge is 2.38. The zero-order valence-electron chi connectivity index (χ0n) is 13.7. The minimum absolute atomic E-state index is 0.0629. The third-order valence-electron chi connectivity index (χ3n) is 6.06. The second-order valence-electron chi connectivity index (χ2n) is 7.94. The first-order chi connectivity index (χ1) is 10.1. The van der Waals surface area contributed by atoms with Gasteiger partial charge in [0, 0.05) is 12.6 Å². The van der Waals surface area contributed by atoms with Crippen LogP contribution in [0.4, 0.5) is 0 Å². The Bertz CT molecular complexity index is 362. The molecule has 1 amide bonds. The fourth-order valence-corrected chi connectivity index (χ4v) is 4.28. The molecule has 0 aromatic rings. The number of carbonyl (C=O) groups excluding carboxylic acids is 1. The summed E-state index contributed by atoms with van der Waals surface area (Å²) >= 11 is 0. The number of piperidine rings is 1. The quantitative estimate of drug-likeness (QED) is 0.833. The molecule has 2 aliphatic heterocycles. The van der Waals surface area contributed by atoms with Crippen molar-refractivity contribution in [3.8, 4) is 0 Å². The van der Waals surface area contributed by atoms with Gasteiger partial charge in [0.05, 0.1) is 6.04 Å². The number of nitrogens with one attached hydrogen (secondary N) is 2. The van der Waals surface area contributed by atoms with Crippen molar-refractivity contribution in [1.82, 2.24) is 15.5 Å². The van der Waals surface area contributed by atoms with Crippen LogP contribution < -0.4 is 10.6 Å². The second-order valence-corrected chi connectivity index (χ2v) is 7.94. The minimum atomic E-state index is 0.0629. The van der Waals surface area contributed by atoms with E-state index in [0.29, 0.717) is 6.04 Å². The molecule has 4 nitrogen and oxygen atoms in total. The number of nitrogens with zero attached hydrogens (tertiary/aromatic N) is 1. The largest absolute Gasteiger partial charge is 0.354 e. The van der Waals surface area contributed by atoms with E-state index in [9.17, 15) is 4.79 Å². The number of rotatable bonds is 3. The van der Waals surface area contributed by atoms with Crippen molar-refractivity contribution in [2.24, 2.45) is 11.3 Å².